The molecule has 0 fully saturated rings. The van der Waals surface area contributed by atoms with E-state index in [0.29, 0.717) is 28.2 Å². The average molecular weight is 296 g/mol. The molecular formula is C13H14ClN3OS. The summed E-state index contributed by atoms with van der Waals surface area (Å²) in [4.78, 5) is 9.23. The van der Waals surface area contributed by atoms with Crippen LogP contribution in [0.25, 0.3) is 0 Å². The second-order valence-corrected chi connectivity index (χ2v) is 5.30. The first kappa shape index (κ1) is 14.0. The van der Waals surface area contributed by atoms with Gasteiger partial charge in [0.15, 0.2) is 0 Å². The Morgan fingerprint density at radius 2 is 2.00 bits per heavy atom. The van der Waals surface area contributed by atoms with E-state index in [1.807, 2.05) is 31.2 Å². The minimum absolute atomic E-state index is 0.438. The molecule has 0 saturated carbocycles. The lowest BCUT2D eigenvalue weighted by molar-refractivity contribution is 0.305. The van der Waals surface area contributed by atoms with Crippen molar-refractivity contribution in [3.63, 3.8) is 0 Å². The van der Waals surface area contributed by atoms with Crippen LogP contribution >= 0.6 is 23.4 Å². The van der Waals surface area contributed by atoms with Gasteiger partial charge in [0.05, 0.1) is 6.61 Å². The van der Waals surface area contributed by atoms with Crippen molar-refractivity contribution in [2.75, 3.05) is 12.3 Å². The molecule has 0 amide bonds. The Hall–Kier alpha value is -1.46. The van der Waals surface area contributed by atoms with E-state index in [1.165, 1.54) is 18.1 Å². The van der Waals surface area contributed by atoms with Crippen molar-refractivity contribution >= 4 is 29.1 Å². The quantitative estimate of drug-likeness (QED) is 0.853. The van der Waals surface area contributed by atoms with Gasteiger partial charge in [-0.05, 0) is 30.7 Å². The topological polar surface area (TPSA) is 61.0 Å². The van der Waals surface area contributed by atoms with Crippen LogP contribution in [0.1, 0.15) is 13.3 Å². The first-order valence-electron chi connectivity index (χ1n) is 5.87. The van der Waals surface area contributed by atoms with E-state index in [2.05, 4.69) is 9.97 Å². The molecule has 100 valence electrons. The molecule has 2 N–H and O–H groups in total. The molecule has 0 unspecified atom stereocenters. The summed E-state index contributed by atoms with van der Waals surface area (Å²) in [5.74, 6) is 0.438. The number of aromatic nitrogens is 2. The van der Waals surface area contributed by atoms with Crippen molar-refractivity contribution in [3.05, 3.63) is 35.6 Å². The third kappa shape index (κ3) is 3.75. The van der Waals surface area contributed by atoms with Crippen molar-refractivity contribution in [1.29, 1.82) is 0 Å². The van der Waals surface area contributed by atoms with Gasteiger partial charge in [-0.3, -0.25) is 0 Å². The van der Waals surface area contributed by atoms with Crippen LogP contribution in [-0.2, 0) is 0 Å². The highest BCUT2D eigenvalue weighted by Crippen LogP contribution is 2.34. The number of anilines is 1. The summed E-state index contributed by atoms with van der Waals surface area (Å²) >= 11 is 7.30. The molecule has 1 heterocycles. The normalized spacial score (nSPS) is 10.4. The molecule has 0 aliphatic rings. The van der Waals surface area contributed by atoms with Gasteiger partial charge in [0, 0.05) is 9.92 Å². The molecule has 0 spiro atoms. The lowest BCUT2D eigenvalue weighted by Gasteiger charge is -2.09. The first-order chi connectivity index (χ1) is 9.20. The lowest BCUT2D eigenvalue weighted by Crippen LogP contribution is -2.03. The van der Waals surface area contributed by atoms with Crippen molar-refractivity contribution < 1.29 is 4.74 Å². The molecule has 0 saturated heterocycles. The Labute approximate surface area is 121 Å². The number of halogens is 1. The first-order valence-corrected chi connectivity index (χ1v) is 7.07. The Morgan fingerprint density at radius 1 is 1.26 bits per heavy atom. The highest BCUT2D eigenvalue weighted by molar-refractivity contribution is 7.99. The molecule has 4 nitrogen and oxygen atoms in total. The fourth-order valence-electron chi connectivity index (χ4n) is 1.37. The van der Waals surface area contributed by atoms with Gasteiger partial charge in [-0.1, -0.05) is 30.3 Å². The van der Waals surface area contributed by atoms with Crippen LogP contribution in [0.5, 0.6) is 5.88 Å². The van der Waals surface area contributed by atoms with Crippen LogP contribution in [0.3, 0.4) is 0 Å². The smallest absolute Gasteiger partial charge is 0.241 e. The molecule has 1 aromatic heterocycles. The van der Waals surface area contributed by atoms with Crippen LogP contribution in [0.4, 0.5) is 5.69 Å². The van der Waals surface area contributed by atoms with Gasteiger partial charge in [0.2, 0.25) is 5.88 Å². The van der Waals surface area contributed by atoms with E-state index in [-0.39, 0.29) is 0 Å². The third-order valence-electron chi connectivity index (χ3n) is 2.28. The van der Waals surface area contributed by atoms with Crippen molar-refractivity contribution in [3.8, 4) is 5.88 Å². The van der Waals surface area contributed by atoms with E-state index in [4.69, 9.17) is 22.1 Å². The van der Waals surface area contributed by atoms with E-state index in [0.717, 1.165) is 11.3 Å². The Bertz CT molecular complexity index is 548. The highest BCUT2D eigenvalue weighted by Gasteiger charge is 2.10. The summed E-state index contributed by atoms with van der Waals surface area (Å²) in [5.41, 5.74) is 6.47. The van der Waals surface area contributed by atoms with Crippen molar-refractivity contribution in [2.24, 2.45) is 0 Å². The van der Waals surface area contributed by atoms with Crippen LogP contribution in [0.2, 0.25) is 5.02 Å². The van der Waals surface area contributed by atoms with Crippen LogP contribution in [-0.4, -0.2) is 16.6 Å². The fraction of sp³-hybridized carbons (Fsp3) is 0.231. The van der Waals surface area contributed by atoms with Gasteiger partial charge < -0.3 is 10.5 Å². The minimum Gasteiger partial charge on any atom is -0.476 e. The summed E-state index contributed by atoms with van der Waals surface area (Å²) in [6.45, 7) is 2.62. The maximum absolute atomic E-state index is 6.00. The standard InChI is InChI=1S/C13H14ClN3OS/c1-2-7-18-12-11(15)13(17-8-16-12)19-10-5-3-9(14)4-6-10/h3-6,8H,2,7,15H2,1H3. The summed E-state index contributed by atoms with van der Waals surface area (Å²) in [5, 5.41) is 1.38. The molecule has 0 atom stereocenters. The van der Waals surface area contributed by atoms with Gasteiger partial charge in [-0.25, -0.2) is 4.98 Å². The molecule has 1 aromatic carbocycles. The largest absolute Gasteiger partial charge is 0.476 e. The van der Waals surface area contributed by atoms with Gasteiger partial charge in [0.1, 0.15) is 17.0 Å². The molecule has 6 heteroatoms. The number of nitrogens with zero attached hydrogens (tertiary/aromatic N) is 2. The van der Waals surface area contributed by atoms with Crippen molar-refractivity contribution in [1.82, 2.24) is 9.97 Å². The predicted octanol–water partition coefficient (Wildman–Crippen LogP) is 3.65. The SMILES string of the molecule is CCCOc1ncnc(Sc2ccc(Cl)cc2)c1N. The Balaban J connectivity index is 2.18. The molecule has 2 aromatic rings. The van der Waals surface area contributed by atoms with Gasteiger partial charge in [-0.15, -0.1) is 0 Å². The molecule has 2 rings (SSSR count). The molecular weight excluding hydrogens is 282 g/mol. The number of nitrogen functional groups attached to an aromatic ring is 1. The minimum atomic E-state index is 0.438. The van der Waals surface area contributed by atoms with Gasteiger partial charge >= 0.3 is 0 Å². The molecule has 19 heavy (non-hydrogen) atoms. The fourth-order valence-corrected chi connectivity index (χ4v) is 2.29. The molecule has 0 radical (unpaired) electrons. The third-order valence-corrected chi connectivity index (χ3v) is 3.56. The zero-order valence-electron chi connectivity index (χ0n) is 10.5. The maximum Gasteiger partial charge on any atom is 0.241 e. The zero-order valence-corrected chi connectivity index (χ0v) is 12.0. The second kappa shape index (κ2) is 6.63. The number of hydrogen-bond acceptors (Lipinski definition) is 5. The highest BCUT2D eigenvalue weighted by atomic mass is 35.5. The van der Waals surface area contributed by atoms with E-state index in [1.54, 1.807) is 0 Å². The van der Waals surface area contributed by atoms with Crippen LogP contribution < -0.4 is 10.5 Å². The maximum atomic E-state index is 6.00. The van der Waals surface area contributed by atoms with Gasteiger partial charge in [0.25, 0.3) is 0 Å². The van der Waals surface area contributed by atoms with Gasteiger partial charge in [-0.2, -0.15) is 4.98 Å². The number of rotatable bonds is 5. The lowest BCUT2D eigenvalue weighted by atomic mass is 10.4. The van der Waals surface area contributed by atoms with E-state index >= 15 is 0 Å². The Kier molecular flexibility index (Phi) is 4.87. The number of ether oxygens (including phenoxy) is 1. The zero-order chi connectivity index (χ0) is 13.7. The Morgan fingerprint density at radius 3 is 2.68 bits per heavy atom. The molecule has 0 aliphatic carbocycles. The predicted molar refractivity (Wildman–Crippen MR) is 77.8 cm³/mol. The molecule has 0 aliphatic heterocycles. The number of nitrogens with two attached hydrogens (primary N) is 1. The summed E-state index contributed by atoms with van der Waals surface area (Å²) in [6, 6.07) is 7.49. The van der Waals surface area contributed by atoms with Crippen LogP contribution in [0, 0.1) is 0 Å². The van der Waals surface area contributed by atoms with E-state index < -0.39 is 0 Å². The summed E-state index contributed by atoms with van der Waals surface area (Å²) < 4.78 is 5.47. The van der Waals surface area contributed by atoms with Crippen molar-refractivity contribution in [2.45, 2.75) is 23.3 Å². The second-order valence-electron chi connectivity index (χ2n) is 3.80. The van der Waals surface area contributed by atoms with Crippen LogP contribution in [0.15, 0.2) is 40.5 Å². The number of benzene rings is 1. The average Bonchev–Trinajstić information content (AvgIpc) is 2.42. The monoisotopic (exact) mass is 295 g/mol. The summed E-state index contributed by atoms with van der Waals surface area (Å²) in [7, 11) is 0. The van der Waals surface area contributed by atoms with E-state index in [9.17, 15) is 0 Å². The molecule has 0 bridgehead atoms. The summed E-state index contributed by atoms with van der Waals surface area (Å²) in [6.07, 6.45) is 2.36. The number of hydrogen-bond donors (Lipinski definition) is 1.